The molecule has 1 amide bonds. The van der Waals surface area contributed by atoms with E-state index in [0.29, 0.717) is 46.5 Å². The maximum Gasteiger partial charge on any atom is 0.266 e. The van der Waals surface area contributed by atoms with Crippen LogP contribution in [-0.4, -0.2) is 33.9 Å². The van der Waals surface area contributed by atoms with Gasteiger partial charge in [-0.15, -0.1) is 0 Å². The second-order valence-electron chi connectivity index (χ2n) is 8.51. The maximum atomic E-state index is 13.5. The maximum absolute atomic E-state index is 13.5. The van der Waals surface area contributed by atoms with E-state index in [2.05, 4.69) is 11.4 Å². The van der Waals surface area contributed by atoms with E-state index in [1.165, 1.54) is 11.8 Å². The predicted octanol–water partition coefficient (Wildman–Crippen LogP) is 4.89. The molecule has 178 valence electrons. The fourth-order valence-corrected chi connectivity index (χ4v) is 5.00. The average molecular weight is 488 g/mol. The highest BCUT2D eigenvalue weighted by atomic mass is 32.2. The van der Waals surface area contributed by atoms with E-state index in [-0.39, 0.29) is 11.5 Å². The molecule has 0 saturated heterocycles. The molecule has 2 heterocycles. The SMILES string of the molecule is Cc1cc(C)cc(-n2c(SC(C)C(=O)Nc3ccc4c(c3)OCCO4)nc3ccccc3c2=O)c1. The van der Waals surface area contributed by atoms with Crippen LogP contribution in [0.2, 0.25) is 0 Å². The summed E-state index contributed by atoms with van der Waals surface area (Å²) in [6.45, 7) is 6.76. The minimum absolute atomic E-state index is 0.164. The fourth-order valence-electron chi connectivity index (χ4n) is 4.08. The fraction of sp³-hybridized carbons (Fsp3) is 0.222. The third-order valence-corrected chi connectivity index (χ3v) is 6.72. The highest BCUT2D eigenvalue weighted by Gasteiger charge is 2.21. The molecule has 5 rings (SSSR count). The van der Waals surface area contributed by atoms with Gasteiger partial charge in [-0.3, -0.25) is 14.2 Å². The topological polar surface area (TPSA) is 82.5 Å². The van der Waals surface area contributed by atoms with E-state index in [1.807, 2.05) is 44.2 Å². The van der Waals surface area contributed by atoms with Crippen LogP contribution < -0.4 is 20.3 Å². The minimum Gasteiger partial charge on any atom is -0.486 e. The zero-order valence-corrected chi connectivity index (χ0v) is 20.5. The molecule has 3 aromatic carbocycles. The summed E-state index contributed by atoms with van der Waals surface area (Å²) in [5, 5.41) is 3.40. The first-order chi connectivity index (χ1) is 16.9. The van der Waals surface area contributed by atoms with Crippen LogP contribution in [0.15, 0.2) is 70.6 Å². The number of para-hydroxylation sites is 1. The molecule has 0 saturated carbocycles. The van der Waals surface area contributed by atoms with Crippen LogP contribution in [0.25, 0.3) is 16.6 Å². The molecule has 1 aromatic heterocycles. The zero-order chi connectivity index (χ0) is 24.5. The number of ether oxygens (including phenoxy) is 2. The van der Waals surface area contributed by atoms with Gasteiger partial charge in [0, 0.05) is 11.8 Å². The summed E-state index contributed by atoms with van der Waals surface area (Å²) >= 11 is 1.25. The van der Waals surface area contributed by atoms with Gasteiger partial charge in [0.05, 0.1) is 21.8 Å². The van der Waals surface area contributed by atoms with Crippen molar-refractivity contribution < 1.29 is 14.3 Å². The number of nitrogens with one attached hydrogen (secondary N) is 1. The highest BCUT2D eigenvalue weighted by Crippen LogP contribution is 2.33. The van der Waals surface area contributed by atoms with Gasteiger partial charge in [0.2, 0.25) is 5.91 Å². The first-order valence-electron chi connectivity index (χ1n) is 11.4. The second kappa shape index (κ2) is 9.46. The molecule has 1 atom stereocenters. The summed E-state index contributed by atoms with van der Waals surface area (Å²) in [7, 11) is 0. The quantitative estimate of drug-likeness (QED) is 0.319. The summed E-state index contributed by atoms with van der Waals surface area (Å²) in [6, 6.07) is 18.5. The number of nitrogens with zero attached hydrogens (tertiary/aromatic N) is 2. The molecule has 1 N–H and O–H groups in total. The molecular formula is C27H25N3O4S. The van der Waals surface area contributed by atoms with Gasteiger partial charge in [0.25, 0.3) is 5.56 Å². The molecule has 35 heavy (non-hydrogen) atoms. The van der Waals surface area contributed by atoms with E-state index in [0.717, 1.165) is 16.8 Å². The van der Waals surface area contributed by atoms with Crippen molar-refractivity contribution in [1.82, 2.24) is 9.55 Å². The van der Waals surface area contributed by atoms with E-state index < -0.39 is 5.25 Å². The third-order valence-electron chi connectivity index (χ3n) is 5.67. The lowest BCUT2D eigenvalue weighted by atomic mass is 10.1. The highest BCUT2D eigenvalue weighted by molar-refractivity contribution is 8.00. The summed E-state index contributed by atoms with van der Waals surface area (Å²) in [4.78, 5) is 31.4. The molecular weight excluding hydrogens is 462 g/mol. The van der Waals surface area contributed by atoms with E-state index in [1.54, 1.807) is 35.8 Å². The number of amides is 1. The van der Waals surface area contributed by atoms with Crippen molar-refractivity contribution in [2.24, 2.45) is 0 Å². The lowest BCUT2D eigenvalue weighted by molar-refractivity contribution is -0.115. The summed E-state index contributed by atoms with van der Waals surface area (Å²) in [5.41, 5.74) is 3.86. The molecule has 1 aliphatic rings. The lowest BCUT2D eigenvalue weighted by Gasteiger charge is -2.20. The number of hydrogen-bond acceptors (Lipinski definition) is 6. The van der Waals surface area contributed by atoms with Crippen LogP contribution in [0.3, 0.4) is 0 Å². The summed E-state index contributed by atoms with van der Waals surface area (Å²) in [6.07, 6.45) is 0. The molecule has 0 fully saturated rings. The van der Waals surface area contributed by atoms with Gasteiger partial charge in [0.1, 0.15) is 13.2 Å². The Labute approximate surface area is 207 Å². The van der Waals surface area contributed by atoms with Gasteiger partial charge in [-0.05, 0) is 68.3 Å². The van der Waals surface area contributed by atoms with Crippen LogP contribution >= 0.6 is 11.8 Å². The minimum atomic E-state index is -0.520. The number of carbonyl (C=O) groups is 1. The monoisotopic (exact) mass is 487 g/mol. The van der Waals surface area contributed by atoms with Gasteiger partial charge in [-0.1, -0.05) is 30.0 Å². The number of aromatic nitrogens is 2. The zero-order valence-electron chi connectivity index (χ0n) is 19.7. The van der Waals surface area contributed by atoms with Crippen LogP contribution in [0.5, 0.6) is 11.5 Å². The Hall–Kier alpha value is -3.78. The molecule has 0 spiro atoms. The van der Waals surface area contributed by atoms with Crippen LogP contribution in [-0.2, 0) is 4.79 Å². The Morgan fingerprint density at radius 3 is 2.49 bits per heavy atom. The van der Waals surface area contributed by atoms with Crippen molar-refractivity contribution in [3.8, 4) is 17.2 Å². The van der Waals surface area contributed by atoms with Gasteiger partial charge in [0.15, 0.2) is 16.7 Å². The Balaban J connectivity index is 1.48. The smallest absolute Gasteiger partial charge is 0.266 e. The second-order valence-corrected chi connectivity index (χ2v) is 9.81. The first-order valence-corrected chi connectivity index (χ1v) is 12.2. The first kappa shape index (κ1) is 23.0. The van der Waals surface area contributed by atoms with E-state index >= 15 is 0 Å². The predicted molar refractivity (Wildman–Crippen MR) is 138 cm³/mol. The summed E-state index contributed by atoms with van der Waals surface area (Å²) in [5.74, 6) is 1.06. The number of hydrogen-bond donors (Lipinski definition) is 1. The number of rotatable bonds is 5. The van der Waals surface area contributed by atoms with E-state index in [4.69, 9.17) is 14.5 Å². The average Bonchev–Trinajstić information content (AvgIpc) is 2.83. The lowest BCUT2D eigenvalue weighted by Crippen LogP contribution is -2.26. The van der Waals surface area contributed by atoms with Gasteiger partial charge in [-0.2, -0.15) is 0 Å². The Kier molecular flexibility index (Phi) is 6.21. The number of benzene rings is 3. The number of fused-ring (bicyclic) bond motifs is 2. The molecule has 7 nitrogen and oxygen atoms in total. The normalized spacial score (nSPS) is 13.5. The van der Waals surface area contributed by atoms with Gasteiger partial charge < -0.3 is 14.8 Å². The van der Waals surface area contributed by atoms with Gasteiger partial charge >= 0.3 is 0 Å². The van der Waals surface area contributed by atoms with Crippen molar-refractivity contribution in [1.29, 1.82) is 0 Å². The molecule has 8 heteroatoms. The van der Waals surface area contributed by atoms with Crippen molar-refractivity contribution in [3.63, 3.8) is 0 Å². The number of carbonyl (C=O) groups excluding carboxylic acids is 1. The molecule has 0 bridgehead atoms. The van der Waals surface area contributed by atoms with Crippen molar-refractivity contribution in [3.05, 3.63) is 82.1 Å². The van der Waals surface area contributed by atoms with Crippen molar-refractivity contribution in [2.75, 3.05) is 18.5 Å². The molecule has 0 aliphatic carbocycles. The summed E-state index contributed by atoms with van der Waals surface area (Å²) < 4.78 is 12.8. The third kappa shape index (κ3) is 4.74. The number of anilines is 1. The molecule has 0 radical (unpaired) electrons. The molecule has 4 aromatic rings. The Morgan fingerprint density at radius 2 is 1.71 bits per heavy atom. The Morgan fingerprint density at radius 1 is 1.00 bits per heavy atom. The van der Waals surface area contributed by atoms with Crippen molar-refractivity contribution in [2.45, 2.75) is 31.2 Å². The van der Waals surface area contributed by atoms with Crippen LogP contribution in [0, 0.1) is 13.8 Å². The number of aryl methyl sites for hydroxylation is 2. The Bertz CT molecular complexity index is 1480. The van der Waals surface area contributed by atoms with Crippen LogP contribution in [0.4, 0.5) is 5.69 Å². The van der Waals surface area contributed by atoms with Gasteiger partial charge in [-0.25, -0.2) is 4.98 Å². The molecule has 1 aliphatic heterocycles. The number of thioether (sulfide) groups is 1. The molecule has 1 unspecified atom stereocenters. The van der Waals surface area contributed by atoms with E-state index in [9.17, 15) is 9.59 Å². The standard InChI is InChI=1S/C27H25N3O4S/c1-16-12-17(2)14-20(13-16)30-26(32)21-6-4-5-7-22(21)29-27(30)35-18(3)25(31)28-19-8-9-23-24(15-19)34-11-10-33-23/h4-9,12-15,18H,10-11H2,1-3H3,(H,28,31). The van der Waals surface area contributed by atoms with Crippen LogP contribution in [0.1, 0.15) is 18.1 Å². The largest absolute Gasteiger partial charge is 0.486 e. The van der Waals surface area contributed by atoms with Crippen molar-refractivity contribution >= 4 is 34.3 Å².